The van der Waals surface area contributed by atoms with Crippen LogP contribution in [0.2, 0.25) is 0 Å². The van der Waals surface area contributed by atoms with Gasteiger partial charge >= 0.3 is 0 Å². The van der Waals surface area contributed by atoms with Crippen molar-refractivity contribution in [2.75, 3.05) is 33.0 Å². The van der Waals surface area contributed by atoms with Crippen LogP contribution in [0.4, 0.5) is 0 Å². The number of fused-ring (bicyclic) bond motifs is 7. The van der Waals surface area contributed by atoms with E-state index in [0.29, 0.717) is 54.3 Å². The van der Waals surface area contributed by atoms with Crippen LogP contribution in [-0.2, 0) is 42.6 Å². The van der Waals surface area contributed by atoms with Gasteiger partial charge in [0.15, 0.2) is 25.2 Å². The van der Waals surface area contributed by atoms with Gasteiger partial charge in [0.1, 0.15) is 97.3 Å². The van der Waals surface area contributed by atoms with Crippen molar-refractivity contribution in [2.24, 2.45) is 52.3 Å². The first kappa shape index (κ1) is 54.5. The van der Waals surface area contributed by atoms with E-state index in [2.05, 4.69) is 33.0 Å². The highest BCUT2D eigenvalue weighted by atomic mass is 16.8. The molecular formula is C50H83NO21. The average molecular weight is 1030 g/mol. The van der Waals surface area contributed by atoms with Crippen molar-refractivity contribution >= 4 is 0 Å². The molecule has 6 heterocycles. The third kappa shape index (κ3) is 9.26. The first-order valence-electron chi connectivity index (χ1n) is 26.8. The monoisotopic (exact) mass is 1030 g/mol. The molecule has 10 rings (SSSR count). The van der Waals surface area contributed by atoms with Crippen molar-refractivity contribution in [1.82, 2.24) is 5.32 Å². The van der Waals surface area contributed by atoms with E-state index >= 15 is 0 Å². The van der Waals surface area contributed by atoms with Crippen molar-refractivity contribution in [3.63, 3.8) is 0 Å². The van der Waals surface area contributed by atoms with Gasteiger partial charge in [-0.25, -0.2) is 0 Å². The first-order valence-corrected chi connectivity index (χ1v) is 26.8. The normalized spacial score (nSPS) is 57.8. The van der Waals surface area contributed by atoms with Crippen LogP contribution in [0.25, 0.3) is 0 Å². The summed E-state index contributed by atoms with van der Waals surface area (Å²) in [6.07, 6.45) is -22.4. The van der Waals surface area contributed by atoms with Crippen LogP contribution in [0.1, 0.15) is 91.9 Å². The predicted octanol–water partition coefficient (Wildman–Crippen LogP) is -2.70. The van der Waals surface area contributed by atoms with Gasteiger partial charge < -0.3 is 104 Å². The summed E-state index contributed by atoms with van der Waals surface area (Å²) in [7, 11) is 0. The summed E-state index contributed by atoms with van der Waals surface area (Å²) in [6, 6.07) is 0. The SMILES string of the molecule is C[C@H]1CC[C@]2(NC1)O[C@H]1C[C@H]3[C@H]4CC[C@H]5C[C@@H](O[C@@H]6O[C@H](CO)[C@H](O[C@@H]7O[C@H](CO)[C@H](O)[C@H](O)[C@H]7O[C@@H]7O[C@H](CO)[C@H](O)[C@@H](O)[C@H]7O)[C@@H](O[C@@H]7OC[C@H](O)[C@@H](O)[C@@H]7O)[C@H]6O)CC[C@]5(C)[C@H]4CC[C@]3(C)[C@H]1[C@@H]2C. The van der Waals surface area contributed by atoms with Crippen LogP contribution in [0, 0.1) is 52.3 Å². The van der Waals surface area contributed by atoms with Crippen LogP contribution in [0.15, 0.2) is 0 Å². The Morgan fingerprint density at radius 3 is 1.86 bits per heavy atom. The van der Waals surface area contributed by atoms with Crippen LogP contribution in [0.5, 0.6) is 0 Å². The predicted molar refractivity (Wildman–Crippen MR) is 244 cm³/mol. The molecule has 6 saturated heterocycles. The molecule has 0 bridgehead atoms. The van der Waals surface area contributed by atoms with Crippen LogP contribution in [-0.4, -0.2) is 229 Å². The molecule has 414 valence electrons. The van der Waals surface area contributed by atoms with Gasteiger partial charge in [-0.2, -0.15) is 0 Å². The van der Waals surface area contributed by atoms with Gasteiger partial charge in [-0.05, 0) is 111 Å². The molecule has 22 nitrogen and oxygen atoms in total. The molecule has 31 atom stereocenters. The smallest absolute Gasteiger partial charge is 0.187 e. The quantitative estimate of drug-likeness (QED) is 0.0937. The van der Waals surface area contributed by atoms with Crippen LogP contribution >= 0.6 is 0 Å². The maximum absolute atomic E-state index is 12.3. The van der Waals surface area contributed by atoms with Crippen molar-refractivity contribution < 1.29 is 104 Å². The number of aliphatic hydroxyl groups is 12. The van der Waals surface area contributed by atoms with E-state index in [0.717, 1.165) is 38.6 Å². The molecule has 0 amide bonds. The Labute approximate surface area is 420 Å². The van der Waals surface area contributed by atoms with Crippen molar-refractivity contribution in [3.8, 4) is 0 Å². The molecule has 0 aromatic carbocycles. The van der Waals surface area contributed by atoms with Crippen LogP contribution < -0.4 is 5.32 Å². The van der Waals surface area contributed by atoms with E-state index in [1.807, 2.05) is 0 Å². The Morgan fingerprint density at radius 2 is 1.17 bits per heavy atom. The molecule has 0 aromatic heterocycles. The summed E-state index contributed by atoms with van der Waals surface area (Å²) >= 11 is 0. The van der Waals surface area contributed by atoms with Crippen LogP contribution in [0.3, 0.4) is 0 Å². The topological polar surface area (TPSA) is 338 Å². The zero-order valence-electron chi connectivity index (χ0n) is 41.8. The highest BCUT2D eigenvalue weighted by Crippen LogP contribution is 2.71. The van der Waals surface area contributed by atoms with E-state index in [-0.39, 0.29) is 28.8 Å². The van der Waals surface area contributed by atoms with Crippen molar-refractivity contribution in [2.45, 2.75) is 227 Å². The Morgan fingerprint density at radius 1 is 0.542 bits per heavy atom. The Hall–Kier alpha value is -0.880. The molecule has 22 heteroatoms. The second-order valence-corrected chi connectivity index (χ2v) is 24.0. The number of ether oxygens (including phenoxy) is 9. The molecule has 10 fully saturated rings. The van der Waals surface area contributed by atoms with Gasteiger partial charge in [-0.15, -0.1) is 0 Å². The highest BCUT2D eigenvalue weighted by molar-refractivity contribution is 5.16. The molecule has 72 heavy (non-hydrogen) atoms. The molecule has 0 unspecified atom stereocenters. The largest absolute Gasteiger partial charge is 0.394 e. The Bertz CT molecular complexity index is 1830. The summed E-state index contributed by atoms with van der Waals surface area (Å²) in [6.45, 7) is 7.88. The fourth-order valence-electron chi connectivity index (χ4n) is 16.1. The molecule has 10 aliphatic rings. The molecule has 0 radical (unpaired) electrons. The minimum atomic E-state index is -1.96. The standard InChI is InChI=1S/C50H83NO21/c1-20-7-12-50(51-15-20)21(2)32-28(72-50)14-26-24-6-5-22-13-23(8-10-48(22,3)25(24)9-11-49(26,32)4)65-46-40(63)42(70-44-38(61)33(56)27(55)19-64-44)41(31(18-54)68-46)69-47-43(37(60)35(58)30(17-53)67-47)71-45-39(62)36(59)34(57)29(16-52)66-45/h20-47,51-63H,5-19H2,1-4H3/t20-,21-,22-,23-,24-,25-,26-,27-,28-,29+,30+,31+,32-,33+,34-,35-,36+,37-,38-,39+,40+,41-,42-,43+,44-,45-,46+,47-,48-,49-,50-/m0/s1. The summed E-state index contributed by atoms with van der Waals surface area (Å²) < 4.78 is 55.5. The number of rotatable bonds is 11. The fourth-order valence-corrected chi connectivity index (χ4v) is 16.1. The van der Waals surface area contributed by atoms with Gasteiger partial charge in [0.25, 0.3) is 0 Å². The second kappa shape index (κ2) is 21.1. The number of nitrogens with one attached hydrogen (secondary N) is 1. The Balaban J connectivity index is 0.849. The van der Waals surface area contributed by atoms with E-state index in [1.54, 1.807) is 0 Å². The summed E-state index contributed by atoms with van der Waals surface area (Å²) in [5.74, 6) is 3.73. The zero-order chi connectivity index (χ0) is 51.3. The zero-order valence-corrected chi connectivity index (χ0v) is 41.8. The van der Waals surface area contributed by atoms with Gasteiger partial charge in [-0.3, -0.25) is 5.32 Å². The van der Waals surface area contributed by atoms with E-state index in [1.165, 1.54) is 19.3 Å². The molecular weight excluding hydrogens is 951 g/mol. The molecule has 4 aliphatic carbocycles. The highest BCUT2D eigenvalue weighted by Gasteiger charge is 2.69. The van der Waals surface area contributed by atoms with Crippen molar-refractivity contribution in [1.29, 1.82) is 0 Å². The fraction of sp³-hybridized carbons (Fsp3) is 1.00. The molecule has 0 aromatic rings. The number of hydrogen-bond donors (Lipinski definition) is 13. The summed E-state index contributed by atoms with van der Waals surface area (Å²) in [5.41, 5.74) is 0.0818. The molecule has 6 aliphatic heterocycles. The third-order valence-electron chi connectivity index (χ3n) is 20.2. The van der Waals surface area contributed by atoms with E-state index in [9.17, 15) is 61.3 Å². The third-order valence-corrected chi connectivity index (χ3v) is 20.2. The first-order chi connectivity index (χ1) is 34.3. The van der Waals surface area contributed by atoms with Gasteiger partial charge in [0.05, 0.1) is 38.6 Å². The maximum atomic E-state index is 12.3. The molecule has 4 saturated carbocycles. The number of hydrogen-bond acceptors (Lipinski definition) is 22. The van der Waals surface area contributed by atoms with Gasteiger partial charge in [-0.1, -0.05) is 27.7 Å². The lowest BCUT2D eigenvalue weighted by Gasteiger charge is -2.61. The van der Waals surface area contributed by atoms with E-state index in [4.69, 9.17) is 42.6 Å². The van der Waals surface area contributed by atoms with Gasteiger partial charge in [0.2, 0.25) is 0 Å². The lowest BCUT2D eigenvalue weighted by Crippen LogP contribution is -2.68. The molecule has 1 spiro atoms. The Kier molecular flexibility index (Phi) is 15.9. The summed E-state index contributed by atoms with van der Waals surface area (Å²) in [5, 5.41) is 133. The minimum Gasteiger partial charge on any atom is -0.394 e. The lowest BCUT2D eigenvalue weighted by atomic mass is 9.44. The van der Waals surface area contributed by atoms with Gasteiger partial charge in [0, 0.05) is 12.5 Å². The average Bonchev–Trinajstić information content (AvgIpc) is 3.82. The second-order valence-electron chi connectivity index (χ2n) is 24.0. The maximum Gasteiger partial charge on any atom is 0.187 e. The molecule has 13 N–H and O–H groups in total. The van der Waals surface area contributed by atoms with Crippen molar-refractivity contribution in [3.05, 3.63) is 0 Å². The number of aliphatic hydroxyl groups excluding tert-OH is 12. The minimum absolute atomic E-state index is 0.0689. The number of piperidine rings is 1. The summed E-state index contributed by atoms with van der Waals surface area (Å²) in [4.78, 5) is 0. The lowest BCUT2D eigenvalue weighted by molar-refractivity contribution is -0.401. The van der Waals surface area contributed by atoms with E-state index < -0.39 is 143 Å².